The maximum absolute atomic E-state index is 12.1. The fraction of sp³-hybridized carbons (Fsp3) is 0.200. The molecule has 8 heavy (non-hydrogen) atoms. The van der Waals surface area contributed by atoms with E-state index in [-0.39, 0.29) is 0 Å². The van der Waals surface area contributed by atoms with Crippen molar-refractivity contribution >= 4 is 0 Å². The highest BCUT2D eigenvalue weighted by molar-refractivity contribution is 5.09. The van der Waals surface area contributed by atoms with Crippen LogP contribution in [0.5, 0.6) is 0 Å². The Morgan fingerprint density at radius 1 is 1.50 bits per heavy atom. The quantitative estimate of drug-likeness (QED) is 0.531. The Balaban J connectivity index is 3.19. The lowest BCUT2D eigenvalue weighted by Crippen LogP contribution is -1.76. The number of aromatic amines is 1. The van der Waals surface area contributed by atoms with Gasteiger partial charge in [-0.2, -0.15) is 4.39 Å². The molecule has 0 aliphatic carbocycles. The van der Waals surface area contributed by atoms with Gasteiger partial charge in [-0.25, -0.2) is 4.39 Å². The monoisotopic (exact) mass is 117 g/mol. The van der Waals surface area contributed by atoms with Gasteiger partial charge in [-0.05, 0) is 6.92 Å². The van der Waals surface area contributed by atoms with Gasteiger partial charge in [-0.1, -0.05) is 0 Å². The van der Waals surface area contributed by atoms with Crippen LogP contribution in [0.15, 0.2) is 6.20 Å². The summed E-state index contributed by atoms with van der Waals surface area (Å²) in [4.78, 5) is 2.09. The fourth-order valence-electron chi connectivity index (χ4n) is 0.471. The fourth-order valence-corrected chi connectivity index (χ4v) is 0.471. The summed E-state index contributed by atoms with van der Waals surface area (Å²) in [6.45, 7) is 1.49. The van der Waals surface area contributed by atoms with Gasteiger partial charge in [0.1, 0.15) is 0 Å². The SMILES string of the molecule is Cc1c[nH]c(F)c1F. The van der Waals surface area contributed by atoms with Gasteiger partial charge in [0, 0.05) is 11.8 Å². The van der Waals surface area contributed by atoms with E-state index in [0.29, 0.717) is 5.56 Å². The van der Waals surface area contributed by atoms with Crippen molar-refractivity contribution in [3.05, 3.63) is 23.5 Å². The minimum Gasteiger partial charge on any atom is -0.336 e. The molecule has 0 amide bonds. The van der Waals surface area contributed by atoms with Crippen LogP contribution >= 0.6 is 0 Å². The molecule has 0 atom stereocenters. The predicted octanol–water partition coefficient (Wildman–Crippen LogP) is 1.60. The molecule has 1 N–H and O–H groups in total. The molecule has 0 radical (unpaired) electrons. The molecule has 1 nitrogen and oxygen atoms in total. The number of nitrogens with one attached hydrogen (secondary N) is 1. The molecule has 0 aliphatic heterocycles. The van der Waals surface area contributed by atoms with Crippen molar-refractivity contribution in [2.24, 2.45) is 0 Å². The van der Waals surface area contributed by atoms with E-state index < -0.39 is 11.8 Å². The molecule has 0 bridgehead atoms. The standard InChI is InChI=1S/C5H5F2N/c1-3-2-8-5(7)4(3)6/h2,8H,1H3. The molecule has 0 aliphatic rings. The molecular weight excluding hydrogens is 112 g/mol. The smallest absolute Gasteiger partial charge is 0.227 e. The third-order valence-corrected chi connectivity index (χ3v) is 0.954. The number of hydrogen-bond acceptors (Lipinski definition) is 0. The van der Waals surface area contributed by atoms with Crippen LogP contribution in [0.3, 0.4) is 0 Å². The number of aryl methyl sites for hydroxylation is 1. The number of H-pyrrole nitrogens is 1. The molecular formula is C5H5F2N. The van der Waals surface area contributed by atoms with Gasteiger partial charge in [0.25, 0.3) is 0 Å². The first kappa shape index (κ1) is 5.28. The van der Waals surface area contributed by atoms with Crippen LogP contribution in [0, 0.1) is 18.7 Å². The van der Waals surface area contributed by atoms with Crippen LogP contribution in [-0.2, 0) is 0 Å². The Hall–Kier alpha value is -0.860. The van der Waals surface area contributed by atoms with E-state index in [9.17, 15) is 8.78 Å². The van der Waals surface area contributed by atoms with E-state index in [1.54, 1.807) is 0 Å². The summed E-state index contributed by atoms with van der Waals surface area (Å²) >= 11 is 0. The normalized spacial score (nSPS) is 9.88. The molecule has 0 spiro atoms. The number of halogens is 2. The Labute approximate surface area is 45.3 Å². The second-order valence-corrected chi connectivity index (χ2v) is 1.60. The number of rotatable bonds is 0. The first-order valence-electron chi connectivity index (χ1n) is 2.21. The average Bonchev–Trinajstić information content (AvgIpc) is 1.98. The zero-order valence-electron chi connectivity index (χ0n) is 4.33. The van der Waals surface area contributed by atoms with Gasteiger partial charge in [0.05, 0.1) is 0 Å². The summed E-state index contributed by atoms with van der Waals surface area (Å²) in [7, 11) is 0. The first-order valence-corrected chi connectivity index (χ1v) is 2.21. The minimum atomic E-state index is -0.887. The molecule has 1 heterocycles. The van der Waals surface area contributed by atoms with Crippen molar-refractivity contribution in [3.8, 4) is 0 Å². The van der Waals surface area contributed by atoms with Crippen molar-refractivity contribution in [1.29, 1.82) is 0 Å². The third kappa shape index (κ3) is 0.598. The molecule has 44 valence electrons. The lowest BCUT2D eigenvalue weighted by molar-refractivity contribution is 0.490. The maximum atomic E-state index is 12.1. The summed E-state index contributed by atoms with van der Waals surface area (Å²) in [6.07, 6.45) is 1.28. The van der Waals surface area contributed by atoms with E-state index in [4.69, 9.17) is 0 Å². The van der Waals surface area contributed by atoms with Crippen molar-refractivity contribution in [2.75, 3.05) is 0 Å². The summed E-state index contributed by atoms with van der Waals surface area (Å²) in [5, 5.41) is 0. The van der Waals surface area contributed by atoms with Gasteiger partial charge in [-0.3, -0.25) is 0 Å². The Morgan fingerprint density at radius 3 is 2.25 bits per heavy atom. The zero-order chi connectivity index (χ0) is 6.15. The largest absolute Gasteiger partial charge is 0.336 e. The van der Waals surface area contributed by atoms with E-state index in [1.165, 1.54) is 13.1 Å². The molecule has 1 aromatic rings. The van der Waals surface area contributed by atoms with Crippen LogP contribution in [0.1, 0.15) is 5.56 Å². The van der Waals surface area contributed by atoms with Gasteiger partial charge < -0.3 is 4.98 Å². The minimum absolute atomic E-state index is 0.308. The van der Waals surface area contributed by atoms with Crippen LogP contribution in [-0.4, -0.2) is 4.98 Å². The van der Waals surface area contributed by atoms with Gasteiger partial charge in [0.2, 0.25) is 5.95 Å². The molecule has 0 fully saturated rings. The maximum Gasteiger partial charge on any atom is 0.227 e. The highest BCUT2D eigenvalue weighted by Gasteiger charge is 2.03. The molecule has 1 rings (SSSR count). The highest BCUT2D eigenvalue weighted by atomic mass is 19.2. The summed E-state index contributed by atoms with van der Waals surface area (Å²) in [5.41, 5.74) is 0.308. The van der Waals surface area contributed by atoms with Crippen molar-refractivity contribution in [1.82, 2.24) is 4.98 Å². The summed E-state index contributed by atoms with van der Waals surface area (Å²) in [5.74, 6) is -1.67. The zero-order valence-corrected chi connectivity index (χ0v) is 4.33. The highest BCUT2D eigenvalue weighted by Crippen LogP contribution is 2.06. The van der Waals surface area contributed by atoms with Crippen LogP contribution < -0.4 is 0 Å². The second kappa shape index (κ2) is 1.58. The summed E-state index contributed by atoms with van der Waals surface area (Å²) in [6, 6.07) is 0. The second-order valence-electron chi connectivity index (χ2n) is 1.60. The van der Waals surface area contributed by atoms with E-state index >= 15 is 0 Å². The third-order valence-electron chi connectivity index (χ3n) is 0.954. The van der Waals surface area contributed by atoms with E-state index in [0.717, 1.165) is 0 Å². The van der Waals surface area contributed by atoms with Crippen LogP contribution in [0.4, 0.5) is 8.78 Å². The van der Waals surface area contributed by atoms with Gasteiger partial charge in [-0.15, -0.1) is 0 Å². The Bertz CT molecular complexity index is 173. The van der Waals surface area contributed by atoms with E-state index in [1.807, 2.05) is 0 Å². The van der Waals surface area contributed by atoms with Crippen molar-refractivity contribution in [2.45, 2.75) is 6.92 Å². The topological polar surface area (TPSA) is 15.8 Å². The van der Waals surface area contributed by atoms with Crippen molar-refractivity contribution in [3.63, 3.8) is 0 Å². The molecule has 0 saturated carbocycles. The van der Waals surface area contributed by atoms with Gasteiger partial charge >= 0.3 is 0 Å². The number of hydrogen-bond donors (Lipinski definition) is 1. The van der Waals surface area contributed by atoms with Crippen LogP contribution in [0.25, 0.3) is 0 Å². The molecule has 3 heteroatoms. The lowest BCUT2D eigenvalue weighted by atomic mass is 10.4. The Morgan fingerprint density at radius 2 is 2.12 bits per heavy atom. The van der Waals surface area contributed by atoms with E-state index in [2.05, 4.69) is 4.98 Å². The first-order chi connectivity index (χ1) is 3.72. The molecule has 0 saturated heterocycles. The molecule has 0 aromatic carbocycles. The molecule has 1 aromatic heterocycles. The lowest BCUT2D eigenvalue weighted by Gasteiger charge is -1.77. The number of aromatic nitrogens is 1. The average molecular weight is 117 g/mol. The van der Waals surface area contributed by atoms with Crippen LogP contribution in [0.2, 0.25) is 0 Å². The van der Waals surface area contributed by atoms with Gasteiger partial charge in [0.15, 0.2) is 5.82 Å². The summed E-state index contributed by atoms with van der Waals surface area (Å²) < 4.78 is 24.0. The molecule has 0 unspecified atom stereocenters. The predicted molar refractivity (Wildman–Crippen MR) is 25.4 cm³/mol. The Kier molecular flexibility index (Phi) is 1.04. The van der Waals surface area contributed by atoms with Crippen molar-refractivity contribution < 1.29 is 8.78 Å².